The second kappa shape index (κ2) is 8.38. The molecule has 0 amide bonds. The van der Waals surface area contributed by atoms with Gasteiger partial charge in [-0.15, -0.1) is 0 Å². The molecule has 0 unspecified atom stereocenters. The monoisotopic (exact) mass is 367 g/mol. The van der Waals surface area contributed by atoms with Crippen LogP contribution in [0.5, 0.6) is 6.01 Å². The van der Waals surface area contributed by atoms with Gasteiger partial charge in [0.1, 0.15) is 5.56 Å². The third-order valence-electron chi connectivity index (χ3n) is 4.05. The smallest absolute Gasteiger partial charge is 0.421 e. The third-order valence-corrected chi connectivity index (χ3v) is 4.05. The van der Waals surface area contributed by atoms with Crippen molar-refractivity contribution in [2.75, 3.05) is 18.6 Å². The van der Waals surface area contributed by atoms with Crippen molar-refractivity contribution < 1.29 is 17.9 Å². The Labute approximate surface area is 152 Å². The second-order valence-electron chi connectivity index (χ2n) is 6.39. The Morgan fingerprint density at radius 2 is 1.81 bits per heavy atom. The molecular formula is C19H24F3N3O. The molecule has 142 valence electrons. The summed E-state index contributed by atoms with van der Waals surface area (Å²) < 4.78 is 45.5. The molecule has 0 N–H and O–H groups in total. The lowest BCUT2D eigenvalue weighted by Gasteiger charge is -2.23. The molecule has 0 saturated heterocycles. The zero-order valence-electron chi connectivity index (χ0n) is 15.5. The summed E-state index contributed by atoms with van der Waals surface area (Å²) in [6.45, 7) is 6.49. The van der Waals surface area contributed by atoms with E-state index in [9.17, 15) is 13.2 Å². The SMILES string of the molecule is CCCCOc1ncc(C(F)(F)F)c(N(C)c2ccc(C(C)C)cc2)n1. The molecule has 0 saturated carbocycles. The van der Waals surface area contributed by atoms with E-state index in [0.717, 1.165) is 24.6 Å². The molecule has 7 heteroatoms. The molecule has 1 aromatic carbocycles. The zero-order chi connectivity index (χ0) is 19.3. The van der Waals surface area contributed by atoms with Crippen molar-refractivity contribution in [3.8, 4) is 6.01 Å². The highest BCUT2D eigenvalue weighted by Gasteiger charge is 2.36. The molecule has 2 aromatic rings. The van der Waals surface area contributed by atoms with Crippen molar-refractivity contribution >= 4 is 11.5 Å². The summed E-state index contributed by atoms with van der Waals surface area (Å²) >= 11 is 0. The van der Waals surface area contributed by atoms with E-state index < -0.39 is 11.7 Å². The molecule has 4 nitrogen and oxygen atoms in total. The predicted molar refractivity (Wildman–Crippen MR) is 96.0 cm³/mol. The minimum Gasteiger partial charge on any atom is -0.463 e. The van der Waals surface area contributed by atoms with Crippen LogP contribution in [0.2, 0.25) is 0 Å². The van der Waals surface area contributed by atoms with Crippen molar-refractivity contribution in [1.29, 1.82) is 0 Å². The number of hydrogen-bond acceptors (Lipinski definition) is 4. The van der Waals surface area contributed by atoms with Crippen LogP contribution in [-0.2, 0) is 6.18 Å². The van der Waals surface area contributed by atoms with Crippen LogP contribution in [0.3, 0.4) is 0 Å². The number of hydrogen-bond donors (Lipinski definition) is 0. The summed E-state index contributed by atoms with van der Waals surface area (Å²) in [5.41, 5.74) is 0.832. The topological polar surface area (TPSA) is 38.2 Å². The van der Waals surface area contributed by atoms with E-state index in [1.54, 1.807) is 19.2 Å². The minimum atomic E-state index is -4.55. The molecule has 0 fully saturated rings. The maximum Gasteiger partial charge on any atom is 0.421 e. The highest BCUT2D eigenvalue weighted by molar-refractivity contribution is 5.63. The first kappa shape index (κ1) is 20.0. The van der Waals surface area contributed by atoms with Crippen molar-refractivity contribution in [3.05, 3.63) is 41.6 Å². The molecule has 0 spiro atoms. The van der Waals surface area contributed by atoms with Crippen LogP contribution in [0.15, 0.2) is 30.5 Å². The summed E-state index contributed by atoms with van der Waals surface area (Å²) in [5.74, 6) is 0.119. The van der Waals surface area contributed by atoms with E-state index in [2.05, 4.69) is 23.8 Å². The van der Waals surface area contributed by atoms with Gasteiger partial charge in [-0.2, -0.15) is 18.2 Å². The number of ether oxygens (including phenoxy) is 1. The van der Waals surface area contributed by atoms with Gasteiger partial charge in [-0.3, -0.25) is 0 Å². The Kier molecular flexibility index (Phi) is 6.45. The van der Waals surface area contributed by atoms with Crippen molar-refractivity contribution in [3.63, 3.8) is 0 Å². The molecule has 0 atom stereocenters. The molecule has 2 rings (SSSR count). The number of halogens is 3. The van der Waals surface area contributed by atoms with Gasteiger partial charge in [0.05, 0.1) is 6.61 Å². The van der Waals surface area contributed by atoms with Gasteiger partial charge in [0.2, 0.25) is 0 Å². The van der Waals surface area contributed by atoms with Crippen molar-refractivity contribution in [2.45, 2.75) is 45.7 Å². The number of rotatable bonds is 7. The standard InChI is InChI=1S/C19H24F3N3O/c1-5-6-11-26-18-23-12-16(19(20,21)22)17(24-18)25(4)15-9-7-14(8-10-15)13(2)3/h7-10,12-13H,5-6,11H2,1-4H3. The Morgan fingerprint density at radius 1 is 1.15 bits per heavy atom. The molecule has 0 radical (unpaired) electrons. The lowest BCUT2D eigenvalue weighted by molar-refractivity contribution is -0.137. The Morgan fingerprint density at radius 3 is 2.35 bits per heavy atom. The van der Waals surface area contributed by atoms with E-state index in [4.69, 9.17) is 4.74 Å². The quantitative estimate of drug-likeness (QED) is 0.600. The average Bonchev–Trinajstić information content (AvgIpc) is 2.60. The van der Waals surface area contributed by atoms with Crippen molar-refractivity contribution in [2.24, 2.45) is 0 Å². The summed E-state index contributed by atoms with van der Waals surface area (Å²) in [6.07, 6.45) is -2.08. The first-order valence-electron chi connectivity index (χ1n) is 8.64. The van der Waals surface area contributed by atoms with Gasteiger partial charge >= 0.3 is 12.2 Å². The maximum atomic E-state index is 13.4. The molecule has 0 bridgehead atoms. The first-order valence-corrected chi connectivity index (χ1v) is 8.64. The van der Waals surface area contributed by atoms with Crippen LogP contribution in [0.4, 0.5) is 24.7 Å². The van der Waals surface area contributed by atoms with Gasteiger partial charge < -0.3 is 9.64 Å². The van der Waals surface area contributed by atoms with E-state index in [1.807, 2.05) is 19.1 Å². The zero-order valence-corrected chi connectivity index (χ0v) is 15.5. The van der Waals surface area contributed by atoms with E-state index >= 15 is 0 Å². The van der Waals surface area contributed by atoms with E-state index in [1.165, 1.54) is 4.90 Å². The third kappa shape index (κ3) is 4.86. The number of alkyl halides is 3. The van der Waals surface area contributed by atoms with Gasteiger partial charge in [0.25, 0.3) is 0 Å². The van der Waals surface area contributed by atoms with Crippen LogP contribution >= 0.6 is 0 Å². The number of aromatic nitrogens is 2. The number of nitrogens with zero attached hydrogens (tertiary/aromatic N) is 3. The second-order valence-corrected chi connectivity index (χ2v) is 6.39. The summed E-state index contributed by atoms with van der Waals surface area (Å²) in [7, 11) is 1.55. The van der Waals surface area contributed by atoms with Gasteiger partial charge in [-0.1, -0.05) is 39.3 Å². The molecule has 0 aliphatic heterocycles. The highest BCUT2D eigenvalue weighted by Crippen LogP contribution is 2.37. The summed E-state index contributed by atoms with van der Waals surface area (Å²) in [5, 5.41) is 0. The van der Waals surface area contributed by atoms with Crippen LogP contribution in [-0.4, -0.2) is 23.6 Å². The summed E-state index contributed by atoms with van der Waals surface area (Å²) in [4.78, 5) is 9.13. The molecule has 1 heterocycles. The van der Waals surface area contributed by atoms with Crippen LogP contribution in [0.25, 0.3) is 0 Å². The number of unbranched alkanes of at least 4 members (excludes halogenated alkanes) is 1. The minimum absolute atomic E-state index is 0.0490. The highest BCUT2D eigenvalue weighted by atomic mass is 19.4. The average molecular weight is 367 g/mol. The van der Waals surface area contributed by atoms with Gasteiger partial charge in [-0.05, 0) is 30.0 Å². The Bertz CT molecular complexity index is 715. The van der Waals surface area contributed by atoms with E-state index in [0.29, 0.717) is 18.2 Å². The fourth-order valence-electron chi connectivity index (χ4n) is 2.40. The molecule has 26 heavy (non-hydrogen) atoms. The maximum absolute atomic E-state index is 13.4. The fraction of sp³-hybridized carbons (Fsp3) is 0.474. The fourth-order valence-corrected chi connectivity index (χ4v) is 2.40. The number of anilines is 2. The normalized spacial score (nSPS) is 11.7. The van der Waals surface area contributed by atoms with Crippen LogP contribution in [0, 0.1) is 0 Å². The molecule has 0 aliphatic carbocycles. The Hall–Kier alpha value is -2.31. The molecular weight excluding hydrogens is 343 g/mol. The molecule has 0 aliphatic rings. The molecule has 1 aromatic heterocycles. The Balaban J connectivity index is 2.37. The summed E-state index contributed by atoms with van der Waals surface area (Å²) in [6, 6.07) is 7.34. The van der Waals surface area contributed by atoms with Crippen molar-refractivity contribution in [1.82, 2.24) is 9.97 Å². The van der Waals surface area contributed by atoms with Crippen LogP contribution < -0.4 is 9.64 Å². The van der Waals surface area contributed by atoms with Crippen LogP contribution in [0.1, 0.15) is 50.7 Å². The van der Waals surface area contributed by atoms with Gasteiger partial charge in [-0.25, -0.2) is 4.98 Å². The van der Waals surface area contributed by atoms with E-state index in [-0.39, 0.29) is 11.8 Å². The lowest BCUT2D eigenvalue weighted by atomic mass is 10.0. The largest absolute Gasteiger partial charge is 0.463 e. The van der Waals surface area contributed by atoms with Gasteiger partial charge in [0, 0.05) is 18.9 Å². The van der Waals surface area contributed by atoms with Gasteiger partial charge in [0.15, 0.2) is 5.82 Å². The predicted octanol–water partition coefficient (Wildman–Crippen LogP) is 5.57. The number of benzene rings is 1. The first-order chi connectivity index (χ1) is 12.2. The lowest BCUT2D eigenvalue weighted by Crippen LogP contribution is -2.19.